The second-order valence-corrected chi connectivity index (χ2v) is 7.91. The Morgan fingerprint density at radius 1 is 1.29 bits per heavy atom. The number of hydrogen-bond acceptors (Lipinski definition) is 5. The molecule has 0 aliphatic carbocycles. The van der Waals surface area contributed by atoms with E-state index in [9.17, 15) is 9.18 Å². The van der Waals surface area contributed by atoms with E-state index in [2.05, 4.69) is 10.2 Å². The van der Waals surface area contributed by atoms with E-state index in [0.717, 1.165) is 47.0 Å². The molecule has 2 heterocycles. The van der Waals surface area contributed by atoms with Crippen molar-refractivity contribution in [3.05, 3.63) is 53.8 Å². The van der Waals surface area contributed by atoms with Gasteiger partial charge < -0.3 is 15.0 Å². The van der Waals surface area contributed by atoms with E-state index >= 15 is 0 Å². The van der Waals surface area contributed by atoms with Crippen molar-refractivity contribution < 1.29 is 13.9 Å². The summed E-state index contributed by atoms with van der Waals surface area (Å²) in [6.07, 6.45) is 1.53. The van der Waals surface area contributed by atoms with Gasteiger partial charge in [-0.15, -0.1) is 0 Å². The lowest BCUT2D eigenvalue weighted by Gasteiger charge is -2.31. The number of piperidine rings is 1. The number of hydrogen-bond donors (Lipinski definition) is 1. The molecule has 1 N–H and O–H groups in total. The largest absolute Gasteiger partial charge is 0.497 e. The number of ether oxygens (including phenoxy) is 1. The van der Waals surface area contributed by atoms with Gasteiger partial charge in [-0.1, -0.05) is 29.5 Å². The molecule has 5 nitrogen and oxygen atoms in total. The van der Waals surface area contributed by atoms with Crippen molar-refractivity contribution in [1.29, 1.82) is 0 Å². The molecule has 0 saturated carbocycles. The molecule has 1 aliphatic rings. The topological polar surface area (TPSA) is 54.5 Å². The normalized spacial score (nSPS) is 15.0. The maximum Gasteiger partial charge on any atom is 0.223 e. The first-order valence-electron chi connectivity index (χ1n) is 9.34. The predicted octanol–water partition coefficient (Wildman–Crippen LogP) is 3.98. The lowest BCUT2D eigenvalue weighted by Crippen LogP contribution is -2.40. The molecule has 1 fully saturated rings. The maximum absolute atomic E-state index is 13.7. The van der Waals surface area contributed by atoms with Crippen molar-refractivity contribution in [2.75, 3.05) is 25.1 Å². The molecule has 1 aliphatic heterocycles. The summed E-state index contributed by atoms with van der Waals surface area (Å²) in [5.41, 5.74) is 1.48. The first-order chi connectivity index (χ1) is 13.6. The van der Waals surface area contributed by atoms with Crippen LogP contribution in [0, 0.1) is 11.7 Å². The highest BCUT2D eigenvalue weighted by Gasteiger charge is 2.26. The van der Waals surface area contributed by atoms with Crippen LogP contribution in [0.15, 0.2) is 42.5 Å². The number of aromatic nitrogens is 1. The van der Waals surface area contributed by atoms with Crippen LogP contribution in [0.4, 0.5) is 9.52 Å². The fourth-order valence-electron chi connectivity index (χ4n) is 3.46. The second kappa shape index (κ2) is 8.14. The zero-order chi connectivity index (χ0) is 19.5. The van der Waals surface area contributed by atoms with E-state index in [1.54, 1.807) is 36.6 Å². The van der Waals surface area contributed by atoms with E-state index in [-0.39, 0.29) is 24.2 Å². The Balaban J connectivity index is 1.34. The Labute approximate surface area is 167 Å². The quantitative estimate of drug-likeness (QED) is 0.705. The summed E-state index contributed by atoms with van der Waals surface area (Å²) in [5.74, 6) is 0.493. The Hall–Kier alpha value is -2.67. The fraction of sp³-hybridized carbons (Fsp3) is 0.333. The zero-order valence-corrected chi connectivity index (χ0v) is 16.5. The molecule has 28 heavy (non-hydrogen) atoms. The third-order valence-electron chi connectivity index (χ3n) is 5.13. The predicted molar refractivity (Wildman–Crippen MR) is 109 cm³/mol. The molecular formula is C21H22FN3O2S. The van der Waals surface area contributed by atoms with Crippen molar-refractivity contribution in [2.45, 2.75) is 19.4 Å². The summed E-state index contributed by atoms with van der Waals surface area (Å²) < 4.78 is 20.1. The molecule has 7 heteroatoms. The Morgan fingerprint density at radius 2 is 2.07 bits per heavy atom. The van der Waals surface area contributed by atoms with Crippen molar-refractivity contribution >= 4 is 32.6 Å². The summed E-state index contributed by atoms with van der Waals surface area (Å²) in [6.45, 7) is 1.80. The van der Waals surface area contributed by atoms with Gasteiger partial charge in [-0.25, -0.2) is 9.37 Å². The molecule has 3 aromatic rings. The highest BCUT2D eigenvalue weighted by Crippen LogP contribution is 2.33. The van der Waals surface area contributed by atoms with Crippen LogP contribution in [0.25, 0.3) is 10.2 Å². The summed E-state index contributed by atoms with van der Waals surface area (Å²) in [6, 6.07) is 12.4. The van der Waals surface area contributed by atoms with Gasteiger partial charge in [0, 0.05) is 31.1 Å². The Bertz CT molecular complexity index is 983. The number of amides is 1. The lowest BCUT2D eigenvalue weighted by atomic mass is 9.96. The number of anilines is 1. The minimum atomic E-state index is -0.287. The van der Waals surface area contributed by atoms with E-state index in [4.69, 9.17) is 9.72 Å². The number of benzene rings is 2. The van der Waals surface area contributed by atoms with Crippen LogP contribution in [0.5, 0.6) is 5.75 Å². The molecule has 1 amide bonds. The minimum Gasteiger partial charge on any atom is -0.497 e. The third kappa shape index (κ3) is 3.94. The van der Waals surface area contributed by atoms with Crippen LogP contribution in [0.2, 0.25) is 0 Å². The molecule has 0 atom stereocenters. The molecule has 1 aromatic heterocycles. The number of nitrogens with zero attached hydrogens (tertiary/aromatic N) is 2. The average molecular weight is 399 g/mol. The second-order valence-electron chi connectivity index (χ2n) is 6.90. The number of fused-ring (bicyclic) bond motifs is 1. The van der Waals surface area contributed by atoms with Gasteiger partial charge in [0.15, 0.2) is 5.13 Å². The number of methoxy groups -OCH3 is 1. The van der Waals surface area contributed by atoms with E-state index in [1.807, 2.05) is 18.2 Å². The standard InChI is InChI=1S/C21H22FN3O2S/c1-27-16-6-7-18-19(12-16)28-21(24-18)25-10-8-14(9-11-25)20(26)23-13-15-4-2-3-5-17(15)22/h2-7,12,14H,8-11,13H2,1H3,(H,23,26). The number of nitrogens with one attached hydrogen (secondary N) is 1. The highest BCUT2D eigenvalue weighted by molar-refractivity contribution is 7.22. The van der Waals surface area contributed by atoms with Crippen molar-refractivity contribution in [3.63, 3.8) is 0 Å². The van der Waals surface area contributed by atoms with Gasteiger partial charge >= 0.3 is 0 Å². The monoisotopic (exact) mass is 399 g/mol. The van der Waals surface area contributed by atoms with Crippen LogP contribution >= 0.6 is 11.3 Å². The van der Waals surface area contributed by atoms with Gasteiger partial charge in [-0.05, 0) is 37.1 Å². The van der Waals surface area contributed by atoms with Crippen LogP contribution in [-0.4, -0.2) is 31.1 Å². The number of rotatable bonds is 5. The van der Waals surface area contributed by atoms with Crippen LogP contribution in [0.3, 0.4) is 0 Å². The number of thiazole rings is 1. The first-order valence-corrected chi connectivity index (χ1v) is 10.2. The molecule has 0 bridgehead atoms. The van der Waals surface area contributed by atoms with E-state index in [1.165, 1.54) is 6.07 Å². The highest BCUT2D eigenvalue weighted by atomic mass is 32.1. The molecule has 4 rings (SSSR count). The minimum absolute atomic E-state index is 0.00283. The van der Waals surface area contributed by atoms with Gasteiger partial charge in [0.25, 0.3) is 0 Å². The Kier molecular flexibility index (Phi) is 5.43. The summed E-state index contributed by atoms with van der Waals surface area (Å²) in [7, 11) is 1.66. The van der Waals surface area contributed by atoms with Gasteiger partial charge in [0.1, 0.15) is 11.6 Å². The van der Waals surface area contributed by atoms with Gasteiger partial charge in [-0.3, -0.25) is 4.79 Å². The number of carbonyl (C=O) groups is 1. The Morgan fingerprint density at radius 3 is 2.82 bits per heavy atom. The molecule has 1 saturated heterocycles. The summed E-state index contributed by atoms with van der Waals surface area (Å²) in [4.78, 5) is 19.4. The SMILES string of the molecule is COc1ccc2nc(N3CCC(C(=O)NCc4ccccc4F)CC3)sc2c1. The summed E-state index contributed by atoms with van der Waals surface area (Å²) in [5, 5.41) is 3.85. The molecule has 0 spiro atoms. The lowest BCUT2D eigenvalue weighted by molar-refractivity contribution is -0.125. The first kappa shape index (κ1) is 18.7. The van der Waals surface area contributed by atoms with E-state index in [0.29, 0.717) is 5.56 Å². The van der Waals surface area contributed by atoms with Gasteiger partial charge in [0.2, 0.25) is 5.91 Å². The van der Waals surface area contributed by atoms with Crippen LogP contribution < -0.4 is 15.0 Å². The van der Waals surface area contributed by atoms with Crippen molar-refractivity contribution in [1.82, 2.24) is 10.3 Å². The zero-order valence-electron chi connectivity index (χ0n) is 15.7. The van der Waals surface area contributed by atoms with Crippen molar-refractivity contribution in [3.8, 4) is 5.75 Å². The molecule has 2 aromatic carbocycles. The summed E-state index contributed by atoms with van der Waals surface area (Å²) >= 11 is 1.64. The number of halogens is 1. The molecule has 0 unspecified atom stereocenters. The van der Waals surface area contributed by atoms with Crippen LogP contribution in [-0.2, 0) is 11.3 Å². The maximum atomic E-state index is 13.7. The van der Waals surface area contributed by atoms with Crippen LogP contribution in [0.1, 0.15) is 18.4 Å². The van der Waals surface area contributed by atoms with Gasteiger partial charge in [0.05, 0.1) is 17.3 Å². The molecule has 0 radical (unpaired) electrons. The number of carbonyl (C=O) groups excluding carboxylic acids is 1. The van der Waals surface area contributed by atoms with E-state index < -0.39 is 0 Å². The van der Waals surface area contributed by atoms with Crippen molar-refractivity contribution in [2.24, 2.45) is 5.92 Å². The average Bonchev–Trinajstić information content (AvgIpc) is 3.16. The molecule has 146 valence electrons. The smallest absolute Gasteiger partial charge is 0.223 e. The molecular weight excluding hydrogens is 377 g/mol. The third-order valence-corrected chi connectivity index (χ3v) is 6.21. The fourth-order valence-corrected chi connectivity index (χ4v) is 4.50. The van der Waals surface area contributed by atoms with Gasteiger partial charge in [-0.2, -0.15) is 0 Å².